The maximum atomic E-state index is 5.67. The monoisotopic (exact) mass is 269 g/mol. The zero-order chi connectivity index (χ0) is 14.4. The quantitative estimate of drug-likeness (QED) is 0.626. The number of benzene rings is 1. The van der Waals surface area contributed by atoms with Gasteiger partial charge in [-0.3, -0.25) is 16.3 Å². The van der Waals surface area contributed by atoms with Crippen molar-refractivity contribution in [2.75, 3.05) is 0 Å². The van der Waals surface area contributed by atoms with Gasteiger partial charge in [0.2, 0.25) is 0 Å². The first-order chi connectivity index (χ1) is 9.69. The Bertz CT molecular complexity index is 506. The van der Waals surface area contributed by atoms with E-state index < -0.39 is 0 Å². The zero-order valence-electron chi connectivity index (χ0n) is 12.2. The largest absolute Gasteiger partial charge is 0.271 e. The highest BCUT2D eigenvalue weighted by Gasteiger charge is 2.10. The van der Waals surface area contributed by atoms with Crippen LogP contribution in [0.15, 0.2) is 48.7 Å². The molecule has 0 amide bonds. The molecule has 0 aliphatic heterocycles. The molecular formula is C17H23N3. The third-order valence-corrected chi connectivity index (χ3v) is 3.55. The summed E-state index contributed by atoms with van der Waals surface area (Å²) in [5.41, 5.74) is 6.63. The fraction of sp³-hybridized carbons (Fsp3) is 0.353. The molecule has 2 aromatic rings. The van der Waals surface area contributed by atoms with Gasteiger partial charge in [-0.15, -0.1) is 0 Å². The number of pyridine rings is 1. The van der Waals surface area contributed by atoms with E-state index >= 15 is 0 Å². The van der Waals surface area contributed by atoms with Crippen molar-refractivity contribution < 1.29 is 0 Å². The molecule has 3 nitrogen and oxygen atoms in total. The lowest BCUT2D eigenvalue weighted by Crippen LogP contribution is -2.38. The first-order valence-corrected chi connectivity index (χ1v) is 7.14. The lowest BCUT2D eigenvalue weighted by atomic mass is 9.98. The molecular weight excluding hydrogens is 246 g/mol. The first-order valence-electron chi connectivity index (χ1n) is 7.14. The third-order valence-electron chi connectivity index (χ3n) is 3.55. The second-order valence-electron chi connectivity index (χ2n) is 5.49. The Morgan fingerprint density at radius 1 is 1.05 bits per heavy atom. The van der Waals surface area contributed by atoms with Crippen molar-refractivity contribution in [2.45, 2.75) is 38.6 Å². The van der Waals surface area contributed by atoms with Crippen LogP contribution in [0.3, 0.4) is 0 Å². The van der Waals surface area contributed by atoms with Gasteiger partial charge in [-0.1, -0.05) is 44.2 Å². The Morgan fingerprint density at radius 2 is 1.80 bits per heavy atom. The van der Waals surface area contributed by atoms with E-state index in [1.807, 2.05) is 24.4 Å². The molecule has 0 radical (unpaired) electrons. The van der Waals surface area contributed by atoms with E-state index in [-0.39, 0.29) is 6.04 Å². The summed E-state index contributed by atoms with van der Waals surface area (Å²) in [6.45, 7) is 4.42. The van der Waals surface area contributed by atoms with Gasteiger partial charge in [-0.25, -0.2) is 0 Å². The van der Waals surface area contributed by atoms with Gasteiger partial charge in [-0.05, 0) is 35.6 Å². The highest BCUT2D eigenvalue weighted by atomic mass is 15.2. The summed E-state index contributed by atoms with van der Waals surface area (Å²) in [6, 6.07) is 15.0. The molecule has 2 rings (SSSR count). The number of hydrogen-bond donors (Lipinski definition) is 2. The SMILES string of the molecule is CC(C)c1ccc(CC(Cc2ccccn2)NN)cc1. The smallest absolute Gasteiger partial charge is 0.0419 e. The van der Waals surface area contributed by atoms with Crippen LogP contribution in [0.2, 0.25) is 0 Å². The van der Waals surface area contributed by atoms with Crippen LogP contribution in [-0.2, 0) is 12.8 Å². The molecule has 1 aromatic heterocycles. The lowest BCUT2D eigenvalue weighted by Gasteiger charge is -2.16. The summed E-state index contributed by atoms with van der Waals surface area (Å²) in [5, 5.41) is 0. The number of hydrazine groups is 1. The van der Waals surface area contributed by atoms with Gasteiger partial charge in [0.1, 0.15) is 0 Å². The topological polar surface area (TPSA) is 50.9 Å². The van der Waals surface area contributed by atoms with E-state index in [2.05, 4.69) is 48.5 Å². The molecule has 0 fully saturated rings. The summed E-state index contributed by atoms with van der Waals surface area (Å²) in [6.07, 6.45) is 3.56. The van der Waals surface area contributed by atoms with E-state index in [4.69, 9.17) is 5.84 Å². The van der Waals surface area contributed by atoms with E-state index in [1.54, 1.807) is 0 Å². The van der Waals surface area contributed by atoms with E-state index in [9.17, 15) is 0 Å². The van der Waals surface area contributed by atoms with Crippen LogP contribution in [0.4, 0.5) is 0 Å². The van der Waals surface area contributed by atoms with Crippen LogP contribution < -0.4 is 11.3 Å². The summed E-state index contributed by atoms with van der Waals surface area (Å²) in [4.78, 5) is 4.35. The third kappa shape index (κ3) is 4.15. The molecule has 0 spiro atoms. The molecule has 3 N–H and O–H groups in total. The van der Waals surface area contributed by atoms with E-state index in [1.165, 1.54) is 11.1 Å². The molecule has 3 heteroatoms. The Hall–Kier alpha value is -1.71. The molecule has 1 unspecified atom stereocenters. The minimum Gasteiger partial charge on any atom is -0.271 e. The van der Waals surface area contributed by atoms with Crippen molar-refractivity contribution in [3.8, 4) is 0 Å². The molecule has 0 bridgehead atoms. The fourth-order valence-corrected chi connectivity index (χ4v) is 2.28. The Balaban J connectivity index is 1.99. The Kier molecular flexibility index (Phi) is 5.27. The minimum absolute atomic E-state index is 0.204. The molecule has 1 aromatic carbocycles. The Morgan fingerprint density at radius 3 is 2.35 bits per heavy atom. The number of nitrogens with two attached hydrogens (primary N) is 1. The highest BCUT2D eigenvalue weighted by molar-refractivity contribution is 5.25. The van der Waals surface area contributed by atoms with Gasteiger partial charge in [0, 0.05) is 24.4 Å². The van der Waals surface area contributed by atoms with Crippen molar-refractivity contribution in [1.82, 2.24) is 10.4 Å². The van der Waals surface area contributed by atoms with Crippen LogP contribution >= 0.6 is 0 Å². The molecule has 0 saturated heterocycles. The standard InChI is InChI=1S/C17H23N3/c1-13(2)15-8-6-14(7-9-15)11-17(20-18)12-16-5-3-4-10-19-16/h3-10,13,17,20H,11-12,18H2,1-2H3. The molecule has 20 heavy (non-hydrogen) atoms. The summed E-state index contributed by atoms with van der Waals surface area (Å²) in [7, 11) is 0. The van der Waals surface area contributed by atoms with Gasteiger partial charge in [0.05, 0.1) is 0 Å². The number of nitrogens with one attached hydrogen (secondary N) is 1. The number of aromatic nitrogens is 1. The van der Waals surface area contributed by atoms with Crippen LogP contribution in [0.1, 0.15) is 36.6 Å². The average molecular weight is 269 g/mol. The number of nitrogens with zero attached hydrogens (tertiary/aromatic N) is 1. The highest BCUT2D eigenvalue weighted by Crippen LogP contribution is 2.16. The Labute approximate surface area is 121 Å². The van der Waals surface area contributed by atoms with Crippen molar-refractivity contribution in [1.29, 1.82) is 0 Å². The van der Waals surface area contributed by atoms with Crippen molar-refractivity contribution in [2.24, 2.45) is 5.84 Å². The second-order valence-corrected chi connectivity index (χ2v) is 5.49. The normalized spacial score (nSPS) is 12.6. The summed E-state index contributed by atoms with van der Waals surface area (Å²) < 4.78 is 0. The van der Waals surface area contributed by atoms with Gasteiger partial charge in [0.15, 0.2) is 0 Å². The van der Waals surface area contributed by atoms with Crippen molar-refractivity contribution in [3.63, 3.8) is 0 Å². The maximum Gasteiger partial charge on any atom is 0.0419 e. The van der Waals surface area contributed by atoms with Gasteiger partial charge in [0.25, 0.3) is 0 Å². The number of hydrogen-bond acceptors (Lipinski definition) is 3. The van der Waals surface area contributed by atoms with Gasteiger partial charge >= 0.3 is 0 Å². The van der Waals surface area contributed by atoms with Crippen LogP contribution in [0.25, 0.3) is 0 Å². The van der Waals surface area contributed by atoms with Crippen LogP contribution in [-0.4, -0.2) is 11.0 Å². The summed E-state index contributed by atoms with van der Waals surface area (Å²) in [5.74, 6) is 6.24. The zero-order valence-corrected chi connectivity index (χ0v) is 12.2. The fourth-order valence-electron chi connectivity index (χ4n) is 2.28. The van der Waals surface area contributed by atoms with Crippen LogP contribution in [0, 0.1) is 0 Å². The molecule has 0 saturated carbocycles. The lowest BCUT2D eigenvalue weighted by molar-refractivity contribution is 0.517. The molecule has 106 valence electrons. The van der Waals surface area contributed by atoms with Crippen molar-refractivity contribution in [3.05, 3.63) is 65.5 Å². The predicted octanol–water partition coefficient (Wildman–Crippen LogP) is 2.82. The van der Waals surface area contributed by atoms with Crippen molar-refractivity contribution >= 4 is 0 Å². The molecule has 0 aliphatic rings. The summed E-state index contributed by atoms with van der Waals surface area (Å²) >= 11 is 0. The minimum atomic E-state index is 0.204. The predicted molar refractivity (Wildman–Crippen MR) is 83.3 cm³/mol. The molecule has 1 heterocycles. The average Bonchev–Trinajstić information content (AvgIpc) is 2.48. The molecule has 1 atom stereocenters. The van der Waals surface area contributed by atoms with E-state index in [0.29, 0.717) is 5.92 Å². The maximum absolute atomic E-state index is 5.67. The van der Waals surface area contributed by atoms with Gasteiger partial charge < -0.3 is 0 Å². The first kappa shape index (κ1) is 14.7. The van der Waals surface area contributed by atoms with E-state index in [0.717, 1.165) is 18.5 Å². The number of rotatable bonds is 6. The molecule has 0 aliphatic carbocycles. The second kappa shape index (κ2) is 7.17. The van der Waals surface area contributed by atoms with Gasteiger partial charge in [-0.2, -0.15) is 0 Å². The van der Waals surface area contributed by atoms with Crippen LogP contribution in [0.5, 0.6) is 0 Å².